The van der Waals surface area contributed by atoms with Gasteiger partial charge in [0, 0.05) is 7.11 Å². The first kappa shape index (κ1) is 11.2. The number of hydrogen-bond acceptors (Lipinski definition) is 5. The Morgan fingerprint density at radius 2 is 2.18 bits per heavy atom. The fourth-order valence-corrected chi connectivity index (χ4v) is 2.65. The smallest absolute Gasteiger partial charge is 0.232 e. The van der Waals surface area contributed by atoms with Gasteiger partial charge in [-0.3, -0.25) is 0 Å². The lowest BCUT2D eigenvalue weighted by atomic mass is 10.1. The van der Waals surface area contributed by atoms with E-state index in [1.165, 1.54) is 12.8 Å². The molecule has 0 saturated heterocycles. The quantitative estimate of drug-likeness (QED) is 0.866. The number of nitrogens with zero attached hydrogens (tertiary/aromatic N) is 2. The number of ether oxygens (including phenoxy) is 1. The molecule has 0 spiro atoms. The molecule has 1 aromatic heterocycles. The summed E-state index contributed by atoms with van der Waals surface area (Å²) in [5.41, 5.74) is 0. The molecule has 2 aliphatic carbocycles. The molecule has 5 nitrogen and oxygen atoms in total. The Bertz CT molecular complexity index is 372. The molecule has 0 bridgehead atoms. The number of aliphatic hydroxyl groups is 1. The number of aliphatic hydroxyl groups excluding tert-OH is 1. The number of methoxy groups -OCH3 is 1. The fraction of sp³-hybridized carbons (Fsp3) is 0.833. The average Bonchev–Trinajstić information content (AvgIpc) is 2.87. The number of rotatable bonds is 4. The van der Waals surface area contributed by atoms with Crippen LogP contribution in [0.4, 0.5) is 0 Å². The maximum Gasteiger partial charge on any atom is 0.232 e. The van der Waals surface area contributed by atoms with E-state index in [0.717, 1.165) is 19.3 Å². The maximum absolute atomic E-state index is 9.81. The molecule has 3 rings (SSSR count). The van der Waals surface area contributed by atoms with Gasteiger partial charge in [0.25, 0.3) is 0 Å². The van der Waals surface area contributed by atoms with Gasteiger partial charge in [-0.2, -0.15) is 4.98 Å². The van der Waals surface area contributed by atoms with Gasteiger partial charge in [-0.25, -0.2) is 0 Å². The van der Waals surface area contributed by atoms with Crippen LogP contribution >= 0.6 is 0 Å². The first-order chi connectivity index (χ1) is 8.29. The zero-order chi connectivity index (χ0) is 11.8. The molecule has 0 aromatic carbocycles. The summed E-state index contributed by atoms with van der Waals surface area (Å²) < 4.78 is 10.7. The van der Waals surface area contributed by atoms with Gasteiger partial charge >= 0.3 is 0 Å². The minimum atomic E-state index is -0.329. The van der Waals surface area contributed by atoms with Crippen molar-refractivity contribution in [2.24, 2.45) is 5.92 Å². The molecule has 2 aliphatic rings. The summed E-state index contributed by atoms with van der Waals surface area (Å²) in [5.74, 6) is 1.78. The van der Waals surface area contributed by atoms with E-state index in [1.54, 1.807) is 7.11 Å². The van der Waals surface area contributed by atoms with Crippen LogP contribution in [0.5, 0.6) is 0 Å². The van der Waals surface area contributed by atoms with Gasteiger partial charge < -0.3 is 14.4 Å². The molecular formula is C12H18N2O3. The highest BCUT2D eigenvalue weighted by molar-refractivity contribution is 5.04. The summed E-state index contributed by atoms with van der Waals surface area (Å²) in [4.78, 5) is 4.41. The van der Waals surface area contributed by atoms with Gasteiger partial charge in [0.15, 0.2) is 0 Å². The molecule has 17 heavy (non-hydrogen) atoms. The highest BCUT2D eigenvalue weighted by Gasteiger charge is 2.37. The van der Waals surface area contributed by atoms with Crippen LogP contribution in [0.15, 0.2) is 4.52 Å². The molecule has 2 fully saturated rings. The molecule has 0 radical (unpaired) electrons. The minimum Gasteiger partial charge on any atom is -0.392 e. The lowest BCUT2D eigenvalue weighted by Gasteiger charge is -2.09. The second-order valence-electron chi connectivity index (χ2n) is 5.09. The maximum atomic E-state index is 9.81. The van der Waals surface area contributed by atoms with Crippen molar-refractivity contribution in [3.05, 3.63) is 11.7 Å². The van der Waals surface area contributed by atoms with Crippen molar-refractivity contribution in [2.75, 3.05) is 7.11 Å². The molecule has 94 valence electrons. The zero-order valence-electron chi connectivity index (χ0n) is 10.0. The van der Waals surface area contributed by atoms with E-state index in [-0.39, 0.29) is 18.1 Å². The van der Waals surface area contributed by atoms with E-state index in [1.807, 2.05) is 0 Å². The molecule has 2 saturated carbocycles. The van der Waals surface area contributed by atoms with Crippen molar-refractivity contribution in [1.29, 1.82) is 0 Å². The second-order valence-corrected chi connectivity index (χ2v) is 5.09. The van der Waals surface area contributed by atoms with E-state index in [2.05, 4.69) is 10.1 Å². The molecule has 0 amide bonds. The summed E-state index contributed by atoms with van der Waals surface area (Å²) in [6.45, 7) is 0. The van der Waals surface area contributed by atoms with Crippen molar-refractivity contribution in [3.8, 4) is 0 Å². The third-order valence-corrected chi connectivity index (χ3v) is 3.81. The molecule has 0 aliphatic heterocycles. The van der Waals surface area contributed by atoms with E-state index >= 15 is 0 Å². The molecular weight excluding hydrogens is 220 g/mol. The second kappa shape index (κ2) is 4.38. The van der Waals surface area contributed by atoms with Crippen LogP contribution in [0, 0.1) is 5.92 Å². The Kier molecular flexibility index (Phi) is 2.88. The van der Waals surface area contributed by atoms with Crippen LogP contribution in [-0.4, -0.2) is 28.5 Å². The highest BCUT2D eigenvalue weighted by Crippen LogP contribution is 2.42. The Hall–Kier alpha value is -0.940. The Morgan fingerprint density at radius 1 is 1.35 bits per heavy atom. The van der Waals surface area contributed by atoms with Gasteiger partial charge in [-0.1, -0.05) is 5.16 Å². The lowest BCUT2D eigenvalue weighted by molar-refractivity contribution is 0.0751. The van der Waals surface area contributed by atoms with Gasteiger partial charge in [-0.05, 0) is 38.0 Å². The molecule has 3 atom stereocenters. The van der Waals surface area contributed by atoms with Crippen LogP contribution in [0.1, 0.15) is 55.8 Å². The minimum absolute atomic E-state index is 0.0213. The normalized spacial score (nSPS) is 30.7. The van der Waals surface area contributed by atoms with Crippen LogP contribution in [0.2, 0.25) is 0 Å². The summed E-state index contributed by atoms with van der Waals surface area (Å²) in [7, 11) is 1.68. The topological polar surface area (TPSA) is 68.4 Å². The van der Waals surface area contributed by atoms with E-state index in [9.17, 15) is 5.11 Å². The van der Waals surface area contributed by atoms with Gasteiger partial charge in [0.2, 0.25) is 11.7 Å². The summed E-state index contributed by atoms with van der Waals surface area (Å²) in [5, 5.41) is 13.8. The van der Waals surface area contributed by atoms with Crippen molar-refractivity contribution in [1.82, 2.24) is 10.1 Å². The third-order valence-electron chi connectivity index (χ3n) is 3.81. The van der Waals surface area contributed by atoms with Gasteiger partial charge in [0.05, 0.1) is 12.0 Å². The Balaban J connectivity index is 1.77. The molecule has 3 unspecified atom stereocenters. The third kappa shape index (κ3) is 2.09. The first-order valence-electron chi connectivity index (χ1n) is 6.34. The van der Waals surface area contributed by atoms with Gasteiger partial charge in [-0.15, -0.1) is 0 Å². The molecule has 1 aromatic rings. The van der Waals surface area contributed by atoms with Crippen LogP contribution in [0.3, 0.4) is 0 Å². The van der Waals surface area contributed by atoms with Crippen LogP contribution in [0.25, 0.3) is 0 Å². The zero-order valence-corrected chi connectivity index (χ0v) is 10.0. The molecule has 1 heterocycles. The summed E-state index contributed by atoms with van der Waals surface area (Å²) in [6, 6.07) is 0. The van der Waals surface area contributed by atoms with Crippen molar-refractivity contribution >= 4 is 0 Å². The van der Waals surface area contributed by atoms with Crippen molar-refractivity contribution in [2.45, 2.75) is 50.2 Å². The SMILES string of the molecule is COC(c1noc(C2CCCC2O)n1)C1CC1. The predicted octanol–water partition coefficient (Wildman–Crippen LogP) is 1.80. The van der Waals surface area contributed by atoms with Crippen LogP contribution in [-0.2, 0) is 4.74 Å². The molecule has 1 N–H and O–H groups in total. The Morgan fingerprint density at radius 3 is 2.76 bits per heavy atom. The monoisotopic (exact) mass is 238 g/mol. The van der Waals surface area contributed by atoms with Crippen molar-refractivity contribution < 1.29 is 14.4 Å². The lowest BCUT2D eigenvalue weighted by Crippen LogP contribution is -2.12. The number of aromatic nitrogens is 2. The van der Waals surface area contributed by atoms with Crippen LogP contribution < -0.4 is 0 Å². The van der Waals surface area contributed by atoms with E-state index < -0.39 is 0 Å². The van der Waals surface area contributed by atoms with E-state index in [0.29, 0.717) is 17.6 Å². The Labute approximate surface area is 100 Å². The van der Waals surface area contributed by atoms with Crippen molar-refractivity contribution in [3.63, 3.8) is 0 Å². The standard InChI is InChI=1S/C12H18N2O3/c1-16-10(7-5-6-7)11-13-12(17-14-11)8-3-2-4-9(8)15/h7-10,15H,2-6H2,1H3. The summed E-state index contributed by atoms with van der Waals surface area (Å²) >= 11 is 0. The number of hydrogen-bond donors (Lipinski definition) is 1. The van der Waals surface area contributed by atoms with Gasteiger partial charge in [0.1, 0.15) is 6.10 Å². The summed E-state index contributed by atoms with van der Waals surface area (Å²) in [6.07, 6.45) is 4.78. The predicted molar refractivity (Wildman–Crippen MR) is 59.4 cm³/mol. The fourth-order valence-electron chi connectivity index (χ4n) is 2.65. The molecule has 5 heteroatoms. The highest BCUT2D eigenvalue weighted by atomic mass is 16.5. The van der Waals surface area contributed by atoms with E-state index in [4.69, 9.17) is 9.26 Å². The first-order valence-corrected chi connectivity index (χ1v) is 6.34. The average molecular weight is 238 g/mol. The largest absolute Gasteiger partial charge is 0.392 e.